The molecule has 0 unspecified atom stereocenters. The number of carbonyl (C=O) groups excluding carboxylic acids is 1. The van der Waals surface area contributed by atoms with Crippen molar-refractivity contribution in [3.8, 4) is 0 Å². The number of nitrogens with zero attached hydrogens (tertiary/aromatic N) is 1. The van der Waals surface area contributed by atoms with E-state index >= 15 is 0 Å². The van der Waals surface area contributed by atoms with Gasteiger partial charge in [0.25, 0.3) is 15.9 Å². The van der Waals surface area contributed by atoms with E-state index in [1.807, 2.05) is 0 Å². The maximum Gasteiger partial charge on any atom is 0.262 e. The summed E-state index contributed by atoms with van der Waals surface area (Å²) >= 11 is 0. The zero-order valence-corrected chi connectivity index (χ0v) is 14.6. The van der Waals surface area contributed by atoms with Crippen molar-refractivity contribution in [1.29, 1.82) is 0 Å². The number of anilines is 1. The van der Waals surface area contributed by atoms with Crippen molar-refractivity contribution in [2.45, 2.75) is 24.7 Å². The van der Waals surface area contributed by atoms with Crippen molar-refractivity contribution in [3.63, 3.8) is 0 Å². The SMILES string of the molecule is Cc1ccc(F)cc1S(=O)(=O)Nc1ccc(C(=O)N2CCCC2)cc1. The van der Waals surface area contributed by atoms with Gasteiger partial charge >= 0.3 is 0 Å². The number of benzene rings is 2. The molecule has 0 bridgehead atoms. The van der Waals surface area contributed by atoms with Gasteiger partial charge in [-0.05, 0) is 61.7 Å². The molecule has 0 atom stereocenters. The third-order valence-corrected chi connectivity index (χ3v) is 5.74. The Morgan fingerprint density at radius 3 is 2.36 bits per heavy atom. The zero-order chi connectivity index (χ0) is 18.0. The standard InChI is InChI=1S/C18H19FN2O3S/c1-13-4-7-15(19)12-17(13)25(23,24)20-16-8-5-14(6-9-16)18(22)21-10-2-3-11-21/h4-9,12,20H,2-3,10-11H2,1H3. The molecular formula is C18H19FN2O3S. The van der Waals surface area contributed by atoms with E-state index in [1.165, 1.54) is 24.3 Å². The van der Waals surface area contributed by atoms with Gasteiger partial charge in [0, 0.05) is 24.3 Å². The van der Waals surface area contributed by atoms with E-state index in [9.17, 15) is 17.6 Å². The molecule has 7 heteroatoms. The molecule has 1 heterocycles. The quantitative estimate of drug-likeness (QED) is 0.908. The molecular weight excluding hydrogens is 343 g/mol. The fourth-order valence-electron chi connectivity index (χ4n) is 2.86. The summed E-state index contributed by atoms with van der Waals surface area (Å²) in [5.41, 5.74) is 1.29. The predicted molar refractivity (Wildman–Crippen MR) is 93.5 cm³/mol. The highest BCUT2D eigenvalue weighted by Gasteiger charge is 2.20. The molecule has 2 aromatic rings. The molecule has 1 amide bonds. The highest BCUT2D eigenvalue weighted by molar-refractivity contribution is 7.92. The summed E-state index contributed by atoms with van der Waals surface area (Å²) in [7, 11) is -3.90. The second-order valence-electron chi connectivity index (χ2n) is 6.09. The molecule has 1 aliphatic rings. The number of rotatable bonds is 4. The van der Waals surface area contributed by atoms with Gasteiger partial charge < -0.3 is 4.90 Å². The lowest BCUT2D eigenvalue weighted by molar-refractivity contribution is 0.0793. The molecule has 5 nitrogen and oxygen atoms in total. The fourth-order valence-corrected chi connectivity index (χ4v) is 4.17. The van der Waals surface area contributed by atoms with Crippen molar-refractivity contribution in [1.82, 2.24) is 4.90 Å². The minimum absolute atomic E-state index is 0.0483. The van der Waals surface area contributed by atoms with E-state index in [1.54, 1.807) is 24.0 Å². The summed E-state index contributed by atoms with van der Waals surface area (Å²) in [6.07, 6.45) is 2.02. The normalized spacial score (nSPS) is 14.6. The lowest BCUT2D eigenvalue weighted by atomic mass is 10.2. The lowest BCUT2D eigenvalue weighted by Crippen LogP contribution is -2.27. The average Bonchev–Trinajstić information content (AvgIpc) is 3.11. The van der Waals surface area contributed by atoms with Gasteiger partial charge in [0.15, 0.2) is 0 Å². The van der Waals surface area contributed by atoms with Gasteiger partial charge in [-0.3, -0.25) is 9.52 Å². The number of hydrogen-bond donors (Lipinski definition) is 1. The summed E-state index contributed by atoms with van der Waals surface area (Å²) < 4.78 is 40.7. The summed E-state index contributed by atoms with van der Waals surface area (Å²) in [6, 6.07) is 9.89. The lowest BCUT2D eigenvalue weighted by Gasteiger charge is -2.15. The Balaban J connectivity index is 1.78. The zero-order valence-electron chi connectivity index (χ0n) is 13.8. The molecule has 0 aliphatic carbocycles. The molecule has 132 valence electrons. The molecule has 3 rings (SSSR count). The Morgan fingerprint density at radius 1 is 1.08 bits per heavy atom. The van der Waals surface area contributed by atoms with Crippen molar-refractivity contribution in [3.05, 3.63) is 59.4 Å². The Morgan fingerprint density at radius 2 is 1.72 bits per heavy atom. The number of aryl methyl sites for hydroxylation is 1. The summed E-state index contributed by atoms with van der Waals surface area (Å²) in [5, 5.41) is 0. The van der Waals surface area contributed by atoms with E-state index in [0.717, 1.165) is 32.0 Å². The van der Waals surface area contributed by atoms with Crippen LogP contribution < -0.4 is 4.72 Å². The van der Waals surface area contributed by atoms with Gasteiger partial charge in [-0.15, -0.1) is 0 Å². The van der Waals surface area contributed by atoms with E-state index in [-0.39, 0.29) is 10.8 Å². The molecule has 25 heavy (non-hydrogen) atoms. The molecule has 1 fully saturated rings. The van der Waals surface area contributed by atoms with Crippen LogP contribution in [0.4, 0.5) is 10.1 Å². The van der Waals surface area contributed by atoms with Crippen LogP contribution in [0.2, 0.25) is 0 Å². The summed E-state index contributed by atoms with van der Waals surface area (Å²) in [6.45, 7) is 3.12. The Hall–Kier alpha value is -2.41. The number of carbonyl (C=O) groups is 1. The van der Waals surface area contributed by atoms with Crippen LogP contribution in [0.3, 0.4) is 0 Å². The first-order chi connectivity index (χ1) is 11.9. The van der Waals surface area contributed by atoms with Crippen molar-refractivity contribution >= 4 is 21.6 Å². The largest absolute Gasteiger partial charge is 0.339 e. The first-order valence-corrected chi connectivity index (χ1v) is 9.53. The van der Waals surface area contributed by atoms with Crippen LogP contribution in [0.5, 0.6) is 0 Å². The Labute approximate surface area is 146 Å². The van der Waals surface area contributed by atoms with E-state index in [0.29, 0.717) is 16.8 Å². The average molecular weight is 362 g/mol. The summed E-state index contributed by atoms with van der Waals surface area (Å²) in [5.74, 6) is -0.662. The molecule has 1 N–H and O–H groups in total. The van der Waals surface area contributed by atoms with Crippen molar-refractivity contribution in [2.24, 2.45) is 0 Å². The first kappa shape index (κ1) is 17.4. The van der Waals surface area contributed by atoms with Crippen LogP contribution in [-0.4, -0.2) is 32.3 Å². The molecule has 0 spiro atoms. The maximum atomic E-state index is 13.4. The highest BCUT2D eigenvalue weighted by atomic mass is 32.2. The van der Waals surface area contributed by atoms with Crippen LogP contribution in [0.15, 0.2) is 47.4 Å². The van der Waals surface area contributed by atoms with E-state index in [4.69, 9.17) is 0 Å². The Kier molecular flexibility index (Phi) is 4.76. The third kappa shape index (κ3) is 3.82. The third-order valence-electron chi connectivity index (χ3n) is 4.22. The molecule has 1 saturated heterocycles. The number of nitrogens with one attached hydrogen (secondary N) is 1. The van der Waals surface area contributed by atoms with Crippen LogP contribution in [0, 0.1) is 12.7 Å². The van der Waals surface area contributed by atoms with Crippen LogP contribution in [0.1, 0.15) is 28.8 Å². The molecule has 0 saturated carbocycles. The highest BCUT2D eigenvalue weighted by Crippen LogP contribution is 2.21. The number of hydrogen-bond acceptors (Lipinski definition) is 3. The van der Waals surface area contributed by atoms with Gasteiger partial charge in [0.1, 0.15) is 5.82 Å². The van der Waals surface area contributed by atoms with E-state index in [2.05, 4.69) is 4.72 Å². The summed E-state index contributed by atoms with van der Waals surface area (Å²) in [4.78, 5) is 14.0. The molecule has 0 aromatic heterocycles. The van der Waals surface area contributed by atoms with Gasteiger partial charge in [0.05, 0.1) is 4.90 Å². The first-order valence-electron chi connectivity index (χ1n) is 8.05. The van der Waals surface area contributed by atoms with E-state index < -0.39 is 15.8 Å². The minimum Gasteiger partial charge on any atom is -0.339 e. The van der Waals surface area contributed by atoms with Crippen molar-refractivity contribution < 1.29 is 17.6 Å². The van der Waals surface area contributed by atoms with Crippen molar-refractivity contribution in [2.75, 3.05) is 17.8 Å². The predicted octanol–water partition coefficient (Wildman–Crippen LogP) is 3.17. The molecule has 0 radical (unpaired) electrons. The molecule has 1 aliphatic heterocycles. The van der Waals surface area contributed by atoms with Gasteiger partial charge in [0.2, 0.25) is 0 Å². The fraction of sp³-hybridized carbons (Fsp3) is 0.278. The van der Waals surface area contributed by atoms with Gasteiger partial charge in [-0.25, -0.2) is 12.8 Å². The molecule has 2 aromatic carbocycles. The second kappa shape index (κ2) is 6.84. The van der Waals surface area contributed by atoms with Crippen LogP contribution in [0.25, 0.3) is 0 Å². The topological polar surface area (TPSA) is 66.5 Å². The van der Waals surface area contributed by atoms with Gasteiger partial charge in [-0.1, -0.05) is 6.07 Å². The smallest absolute Gasteiger partial charge is 0.262 e. The maximum absolute atomic E-state index is 13.4. The Bertz CT molecular complexity index is 889. The van der Waals surface area contributed by atoms with Crippen LogP contribution in [-0.2, 0) is 10.0 Å². The minimum atomic E-state index is -3.90. The van der Waals surface area contributed by atoms with Crippen LogP contribution >= 0.6 is 0 Å². The number of likely N-dealkylation sites (tertiary alicyclic amines) is 1. The van der Waals surface area contributed by atoms with Gasteiger partial charge in [-0.2, -0.15) is 0 Å². The number of sulfonamides is 1. The number of amides is 1. The monoisotopic (exact) mass is 362 g/mol. The number of halogens is 1. The second-order valence-corrected chi connectivity index (χ2v) is 7.74.